The molecule has 27 heavy (non-hydrogen) atoms. The SMILES string of the molecule is O=S(=O)(c1ccc(N2CCN(c3ccc(F)cc3)CC2)nc1)N1CCCC1. The zero-order chi connectivity index (χ0) is 18.9. The topological polar surface area (TPSA) is 56.8 Å². The summed E-state index contributed by atoms with van der Waals surface area (Å²) < 4.78 is 39.8. The van der Waals surface area contributed by atoms with Gasteiger partial charge in [0.15, 0.2) is 0 Å². The van der Waals surface area contributed by atoms with E-state index in [-0.39, 0.29) is 10.7 Å². The lowest BCUT2D eigenvalue weighted by Crippen LogP contribution is -2.46. The maximum Gasteiger partial charge on any atom is 0.244 e. The number of rotatable bonds is 4. The van der Waals surface area contributed by atoms with Crippen LogP contribution in [0.4, 0.5) is 15.9 Å². The highest BCUT2D eigenvalue weighted by molar-refractivity contribution is 7.89. The van der Waals surface area contributed by atoms with Gasteiger partial charge in [0.1, 0.15) is 16.5 Å². The van der Waals surface area contributed by atoms with Gasteiger partial charge in [0, 0.05) is 51.2 Å². The number of piperazine rings is 1. The summed E-state index contributed by atoms with van der Waals surface area (Å²) in [5.41, 5.74) is 1.01. The molecule has 0 bridgehead atoms. The monoisotopic (exact) mass is 390 g/mol. The van der Waals surface area contributed by atoms with E-state index in [0.717, 1.165) is 50.5 Å². The van der Waals surface area contributed by atoms with E-state index in [1.54, 1.807) is 24.3 Å². The van der Waals surface area contributed by atoms with Crippen molar-refractivity contribution in [2.24, 2.45) is 0 Å². The molecule has 6 nitrogen and oxygen atoms in total. The average molecular weight is 390 g/mol. The maximum atomic E-state index is 13.1. The number of hydrogen-bond donors (Lipinski definition) is 0. The quantitative estimate of drug-likeness (QED) is 0.802. The Morgan fingerprint density at radius 2 is 1.44 bits per heavy atom. The van der Waals surface area contributed by atoms with Crippen LogP contribution in [0.1, 0.15) is 12.8 Å². The molecule has 1 aromatic heterocycles. The molecule has 4 rings (SSSR count). The number of halogens is 1. The Balaban J connectivity index is 1.41. The first-order valence-corrected chi connectivity index (χ1v) is 10.7. The van der Waals surface area contributed by atoms with Crippen molar-refractivity contribution in [1.29, 1.82) is 0 Å². The van der Waals surface area contributed by atoms with Crippen LogP contribution in [0.2, 0.25) is 0 Å². The lowest BCUT2D eigenvalue weighted by Gasteiger charge is -2.36. The van der Waals surface area contributed by atoms with Crippen LogP contribution in [0.3, 0.4) is 0 Å². The molecule has 8 heteroatoms. The Bertz CT molecular complexity index is 873. The molecule has 2 fully saturated rings. The van der Waals surface area contributed by atoms with Crippen LogP contribution in [0, 0.1) is 5.82 Å². The fourth-order valence-electron chi connectivity index (χ4n) is 3.64. The second-order valence-electron chi connectivity index (χ2n) is 6.91. The van der Waals surface area contributed by atoms with Crippen LogP contribution in [-0.4, -0.2) is 57.0 Å². The van der Waals surface area contributed by atoms with Crippen LogP contribution in [0.5, 0.6) is 0 Å². The Morgan fingerprint density at radius 1 is 0.815 bits per heavy atom. The van der Waals surface area contributed by atoms with Crippen LogP contribution in [0.15, 0.2) is 47.5 Å². The number of pyridine rings is 1. The van der Waals surface area contributed by atoms with E-state index in [2.05, 4.69) is 14.8 Å². The van der Waals surface area contributed by atoms with Crippen LogP contribution in [-0.2, 0) is 10.0 Å². The Kier molecular flexibility index (Phi) is 5.01. The van der Waals surface area contributed by atoms with E-state index in [9.17, 15) is 12.8 Å². The molecule has 2 saturated heterocycles. The number of sulfonamides is 1. The van der Waals surface area contributed by atoms with Gasteiger partial charge in [-0.15, -0.1) is 0 Å². The summed E-state index contributed by atoms with van der Waals surface area (Å²) in [5.74, 6) is 0.555. The molecule has 2 aliphatic rings. The maximum absolute atomic E-state index is 13.1. The minimum absolute atomic E-state index is 0.231. The summed E-state index contributed by atoms with van der Waals surface area (Å²) >= 11 is 0. The van der Waals surface area contributed by atoms with E-state index in [0.29, 0.717) is 13.1 Å². The lowest BCUT2D eigenvalue weighted by atomic mass is 10.2. The average Bonchev–Trinajstić information content (AvgIpc) is 3.25. The Labute approximate surface area is 159 Å². The van der Waals surface area contributed by atoms with Gasteiger partial charge in [0.2, 0.25) is 10.0 Å². The summed E-state index contributed by atoms with van der Waals surface area (Å²) in [6, 6.07) is 9.98. The van der Waals surface area contributed by atoms with Crippen molar-refractivity contribution in [1.82, 2.24) is 9.29 Å². The van der Waals surface area contributed by atoms with E-state index in [1.165, 1.54) is 22.6 Å². The molecule has 2 aliphatic heterocycles. The standard InChI is InChI=1S/C19H23FN4O2S/c20-16-3-5-17(6-4-16)22-11-13-23(14-12-22)19-8-7-18(15-21-19)27(25,26)24-9-1-2-10-24/h3-8,15H,1-2,9-14H2. The largest absolute Gasteiger partial charge is 0.368 e. The minimum Gasteiger partial charge on any atom is -0.368 e. The molecule has 0 saturated carbocycles. The van der Waals surface area contributed by atoms with E-state index < -0.39 is 10.0 Å². The van der Waals surface area contributed by atoms with Gasteiger partial charge in [0.25, 0.3) is 0 Å². The molecular formula is C19H23FN4O2S. The molecule has 0 spiro atoms. The van der Waals surface area contributed by atoms with Crippen LogP contribution >= 0.6 is 0 Å². The predicted molar refractivity (Wildman–Crippen MR) is 103 cm³/mol. The van der Waals surface area contributed by atoms with Crippen molar-refractivity contribution in [2.45, 2.75) is 17.7 Å². The third-order valence-electron chi connectivity index (χ3n) is 5.22. The predicted octanol–water partition coefficient (Wildman–Crippen LogP) is 2.33. The molecule has 2 aromatic rings. The van der Waals surface area contributed by atoms with E-state index >= 15 is 0 Å². The molecular weight excluding hydrogens is 367 g/mol. The Hall–Kier alpha value is -2.19. The molecule has 3 heterocycles. The molecule has 0 amide bonds. The Morgan fingerprint density at radius 3 is 2.04 bits per heavy atom. The number of benzene rings is 1. The van der Waals surface area contributed by atoms with Gasteiger partial charge in [-0.25, -0.2) is 17.8 Å². The highest BCUT2D eigenvalue weighted by Crippen LogP contribution is 2.23. The van der Waals surface area contributed by atoms with E-state index in [1.807, 2.05) is 0 Å². The highest BCUT2D eigenvalue weighted by Gasteiger charge is 2.27. The van der Waals surface area contributed by atoms with Gasteiger partial charge in [0.05, 0.1) is 0 Å². The fraction of sp³-hybridized carbons (Fsp3) is 0.421. The zero-order valence-electron chi connectivity index (χ0n) is 15.1. The first kappa shape index (κ1) is 18.2. The number of aromatic nitrogens is 1. The minimum atomic E-state index is -3.42. The van der Waals surface area contributed by atoms with Crippen molar-refractivity contribution in [3.8, 4) is 0 Å². The van der Waals surface area contributed by atoms with Gasteiger partial charge in [-0.2, -0.15) is 4.31 Å². The second kappa shape index (κ2) is 7.44. The number of nitrogens with zero attached hydrogens (tertiary/aromatic N) is 4. The van der Waals surface area contributed by atoms with Crippen molar-refractivity contribution >= 4 is 21.5 Å². The number of anilines is 2. The van der Waals surface area contributed by atoms with Gasteiger partial charge in [-0.1, -0.05) is 0 Å². The highest BCUT2D eigenvalue weighted by atomic mass is 32.2. The molecule has 1 aromatic carbocycles. The molecule has 0 atom stereocenters. The second-order valence-corrected chi connectivity index (χ2v) is 8.85. The first-order chi connectivity index (χ1) is 13.0. The van der Waals surface area contributed by atoms with Crippen molar-refractivity contribution < 1.29 is 12.8 Å². The normalized spacial score (nSPS) is 18.9. The summed E-state index contributed by atoms with van der Waals surface area (Å²) in [6.45, 7) is 4.36. The summed E-state index contributed by atoms with van der Waals surface area (Å²) in [7, 11) is -3.42. The summed E-state index contributed by atoms with van der Waals surface area (Å²) in [5, 5.41) is 0. The van der Waals surface area contributed by atoms with Crippen LogP contribution in [0.25, 0.3) is 0 Å². The molecule has 0 aliphatic carbocycles. The fourth-order valence-corrected chi connectivity index (χ4v) is 5.10. The third-order valence-corrected chi connectivity index (χ3v) is 7.10. The van der Waals surface area contributed by atoms with Crippen molar-refractivity contribution in [3.63, 3.8) is 0 Å². The van der Waals surface area contributed by atoms with Gasteiger partial charge < -0.3 is 9.80 Å². The zero-order valence-corrected chi connectivity index (χ0v) is 15.9. The molecule has 144 valence electrons. The third kappa shape index (κ3) is 3.77. The summed E-state index contributed by atoms with van der Waals surface area (Å²) in [6.07, 6.45) is 3.31. The lowest BCUT2D eigenvalue weighted by molar-refractivity contribution is 0.477. The smallest absolute Gasteiger partial charge is 0.244 e. The van der Waals surface area contributed by atoms with Crippen LogP contribution < -0.4 is 9.80 Å². The van der Waals surface area contributed by atoms with Crippen molar-refractivity contribution in [2.75, 3.05) is 49.1 Å². The van der Waals surface area contributed by atoms with E-state index in [4.69, 9.17) is 0 Å². The van der Waals surface area contributed by atoms with Gasteiger partial charge in [-0.05, 0) is 49.2 Å². The molecule has 0 N–H and O–H groups in total. The van der Waals surface area contributed by atoms with Crippen molar-refractivity contribution in [3.05, 3.63) is 48.4 Å². The van der Waals surface area contributed by atoms with Gasteiger partial charge in [-0.3, -0.25) is 0 Å². The molecule has 0 unspecified atom stereocenters. The first-order valence-electron chi connectivity index (χ1n) is 9.26. The summed E-state index contributed by atoms with van der Waals surface area (Å²) in [4.78, 5) is 9.02. The molecule has 0 radical (unpaired) electrons. The van der Waals surface area contributed by atoms with Gasteiger partial charge >= 0.3 is 0 Å². The number of hydrogen-bond acceptors (Lipinski definition) is 5.